The van der Waals surface area contributed by atoms with Crippen molar-refractivity contribution in [3.8, 4) is 0 Å². The van der Waals surface area contributed by atoms with Crippen molar-refractivity contribution in [2.75, 3.05) is 7.05 Å². The lowest BCUT2D eigenvalue weighted by Crippen LogP contribution is -2.06. The molecule has 1 aromatic rings. The third-order valence-electron chi connectivity index (χ3n) is 0.809. The van der Waals surface area contributed by atoms with E-state index in [4.69, 9.17) is 0 Å². The molecule has 0 radical (unpaired) electrons. The fourth-order valence-electron chi connectivity index (χ4n) is 0.483. The summed E-state index contributed by atoms with van der Waals surface area (Å²) in [5.41, 5.74) is 0. The quantitative estimate of drug-likeness (QED) is 0.618. The lowest BCUT2D eigenvalue weighted by molar-refractivity contribution is 0.763. The lowest BCUT2D eigenvalue weighted by atomic mass is 10.6. The first-order valence-corrected chi connectivity index (χ1v) is 2.42. The predicted molar refractivity (Wildman–Crippen MR) is 36.4 cm³/mol. The van der Waals surface area contributed by atoms with Crippen LogP contribution in [0, 0.1) is 0 Å². The number of halogens is 1. The highest BCUT2D eigenvalue weighted by molar-refractivity contribution is 5.85. The summed E-state index contributed by atoms with van der Waals surface area (Å²) < 4.78 is 0. The fraction of sp³-hybridized carbons (Fsp3) is 0.500. The van der Waals surface area contributed by atoms with Crippen LogP contribution in [-0.4, -0.2) is 22.2 Å². The maximum Gasteiger partial charge on any atom is 0.138 e. The Morgan fingerprint density at radius 2 is 2.56 bits per heavy atom. The Bertz CT molecular complexity index is 138. The maximum absolute atomic E-state index is 3.88. The molecule has 0 aliphatic carbocycles. The number of hydrogen-bond donors (Lipinski definition) is 2. The van der Waals surface area contributed by atoms with Gasteiger partial charge in [-0.2, -0.15) is 5.10 Å². The van der Waals surface area contributed by atoms with E-state index in [1.807, 2.05) is 7.05 Å². The van der Waals surface area contributed by atoms with Crippen molar-refractivity contribution in [2.45, 2.75) is 6.54 Å². The van der Waals surface area contributed by atoms with E-state index < -0.39 is 0 Å². The van der Waals surface area contributed by atoms with E-state index in [9.17, 15) is 0 Å². The van der Waals surface area contributed by atoms with Crippen LogP contribution in [0.1, 0.15) is 5.82 Å². The molecule has 0 bridgehead atoms. The SMILES string of the molecule is CNCc1ncn[nH]1.Cl. The van der Waals surface area contributed by atoms with Crippen LogP contribution in [-0.2, 0) is 6.54 Å². The molecule has 0 saturated carbocycles. The molecule has 1 heterocycles. The average molecular weight is 149 g/mol. The number of H-pyrrole nitrogens is 1. The normalized spacial score (nSPS) is 8.56. The van der Waals surface area contributed by atoms with Crippen LogP contribution < -0.4 is 5.32 Å². The summed E-state index contributed by atoms with van der Waals surface area (Å²) >= 11 is 0. The predicted octanol–water partition coefficient (Wildman–Crippen LogP) is -0.0541. The van der Waals surface area contributed by atoms with Gasteiger partial charge in [-0.15, -0.1) is 12.4 Å². The molecule has 5 heteroatoms. The van der Waals surface area contributed by atoms with E-state index in [0.29, 0.717) is 0 Å². The molecule has 0 aromatic carbocycles. The van der Waals surface area contributed by atoms with Crippen molar-refractivity contribution in [1.82, 2.24) is 20.5 Å². The van der Waals surface area contributed by atoms with Crippen LogP contribution in [0.15, 0.2) is 6.33 Å². The zero-order chi connectivity index (χ0) is 5.82. The molecule has 52 valence electrons. The largest absolute Gasteiger partial charge is 0.313 e. The molecule has 0 amide bonds. The summed E-state index contributed by atoms with van der Waals surface area (Å²) in [6, 6.07) is 0. The van der Waals surface area contributed by atoms with Crippen molar-refractivity contribution in [1.29, 1.82) is 0 Å². The van der Waals surface area contributed by atoms with Gasteiger partial charge >= 0.3 is 0 Å². The molecule has 0 fully saturated rings. The molecular weight excluding hydrogens is 140 g/mol. The first kappa shape index (κ1) is 8.39. The van der Waals surface area contributed by atoms with Crippen LogP contribution in [0.4, 0.5) is 0 Å². The van der Waals surface area contributed by atoms with Gasteiger partial charge in [-0.05, 0) is 7.05 Å². The van der Waals surface area contributed by atoms with Crippen molar-refractivity contribution >= 4 is 12.4 Å². The second-order valence-corrected chi connectivity index (χ2v) is 1.46. The molecule has 0 unspecified atom stereocenters. The molecule has 0 aliphatic rings. The Balaban J connectivity index is 0.000000640. The average Bonchev–Trinajstić information content (AvgIpc) is 2.19. The minimum atomic E-state index is 0. The Morgan fingerprint density at radius 3 is 3.00 bits per heavy atom. The molecule has 1 aromatic heterocycles. The van der Waals surface area contributed by atoms with Gasteiger partial charge in [-0.3, -0.25) is 5.10 Å². The van der Waals surface area contributed by atoms with Crippen molar-refractivity contribution in [2.24, 2.45) is 0 Å². The molecule has 4 nitrogen and oxygen atoms in total. The smallest absolute Gasteiger partial charge is 0.138 e. The van der Waals surface area contributed by atoms with Gasteiger partial charge in [0.2, 0.25) is 0 Å². The Morgan fingerprint density at radius 1 is 1.78 bits per heavy atom. The van der Waals surface area contributed by atoms with Crippen molar-refractivity contribution in [3.05, 3.63) is 12.2 Å². The van der Waals surface area contributed by atoms with Crippen LogP contribution in [0.25, 0.3) is 0 Å². The number of aromatic nitrogens is 3. The third kappa shape index (κ3) is 2.43. The molecule has 2 N–H and O–H groups in total. The third-order valence-corrected chi connectivity index (χ3v) is 0.809. The number of nitrogens with one attached hydrogen (secondary N) is 2. The van der Waals surface area contributed by atoms with E-state index >= 15 is 0 Å². The Kier molecular flexibility index (Phi) is 4.00. The summed E-state index contributed by atoms with van der Waals surface area (Å²) in [5.74, 6) is 0.868. The zero-order valence-corrected chi connectivity index (χ0v) is 5.90. The molecular formula is C4H9ClN4. The van der Waals surface area contributed by atoms with E-state index in [1.165, 1.54) is 6.33 Å². The van der Waals surface area contributed by atoms with Crippen molar-refractivity contribution < 1.29 is 0 Å². The zero-order valence-electron chi connectivity index (χ0n) is 5.09. The monoisotopic (exact) mass is 148 g/mol. The first-order valence-electron chi connectivity index (χ1n) is 2.42. The van der Waals surface area contributed by atoms with Gasteiger partial charge in [-0.1, -0.05) is 0 Å². The van der Waals surface area contributed by atoms with Gasteiger partial charge < -0.3 is 5.32 Å². The highest BCUT2D eigenvalue weighted by atomic mass is 35.5. The number of hydrogen-bond acceptors (Lipinski definition) is 3. The number of aromatic amines is 1. The molecule has 0 aliphatic heterocycles. The maximum atomic E-state index is 3.88. The summed E-state index contributed by atoms with van der Waals surface area (Å²) in [4.78, 5) is 3.88. The molecule has 9 heavy (non-hydrogen) atoms. The van der Waals surface area contributed by atoms with Gasteiger partial charge in [0.25, 0.3) is 0 Å². The first-order chi connectivity index (χ1) is 3.93. The van der Waals surface area contributed by atoms with Gasteiger partial charge in [0.15, 0.2) is 0 Å². The van der Waals surface area contributed by atoms with Crippen molar-refractivity contribution in [3.63, 3.8) is 0 Å². The number of nitrogens with zero attached hydrogens (tertiary/aromatic N) is 2. The highest BCUT2D eigenvalue weighted by Crippen LogP contribution is 1.79. The summed E-state index contributed by atoms with van der Waals surface area (Å²) in [6.45, 7) is 0.750. The second-order valence-electron chi connectivity index (χ2n) is 1.46. The molecule has 0 spiro atoms. The standard InChI is InChI=1S/C4H8N4.ClH/c1-5-2-4-6-3-7-8-4;/h3,5H,2H2,1H3,(H,6,7,8);1H. The topological polar surface area (TPSA) is 53.6 Å². The van der Waals surface area contributed by atoms with E-state index in [1.54, 1.807) is 0 Å². The molecule has 1 rings (SSSR count). The van der Waals surface area contributed by atoms with Crippen LogP contribution in [0.3, 0.4) is 0 Å². The summed E-state index contributed by atoms with van der Waals surface area (Å²) in [6.07, 6.45) is 1.49. The Labute approximate surface area is 59.5 Å². The van der Waals surface area contributed by atoms with Crippen LogP contribution in [0.5, 0.6) is 0 Å². The summed E-state index contributed by atoms with van der Waals surface area (Å²) in [5, 5.41) is 9.32. The van der Waals surface area contributed by atoms with Gasteiger partial charge in [0.1, 0.15) is 12.2 Å². The van der Waals surface area contributed by atoms with E-state index in [0.717, 1.165) is 12.4 Å². The minimum Gasteiger partial charge on any atom is -0.313 e. The van der Waals surface area contributed by atoms with E-state index in [2.05, 4.69) is 20.5 Å². The Hall–Kier alpha value is -0.610. The molecule has 0 saturated heterocycles. The summed E-state index contributed by atoms with van der Waals surface area (Å²) in [7, 11) is 1.86. The van der Waals surface area contributed by atoms with E-state index in [-0.39, 0.29) is 12.4 Å². The van der Waals surface area contributed by atoms with Crippen LogP contribution >= 0.6 is 12.4 Å². The van der Waals surface area contributed by atoms with Gasteiger partial charge in [-0.25, -0.2) is 4.98 Å². The van der Waals surface area contributed by atoms with Crippen LogP contribution in [0.2, 0.25) is 0 Å². The number of rotatable bonds is 2. The second kappa shape index (κ2) is 4.29. The van der Waals surface area contributed by atoms with Gasteiger partial charge in [0.05, 0.1) is 6.54 Å². The van der Waals surface area contributed by atoms with Gasteiger partial charge in [0, 0.05) is 0 Å². The molecule has 0 atom stereocenters. The highest BCUT2D eigenvalue weighted by Gasteiger charge is 1.87. The lowest BCUT2D eigenvalue weighted by Gasteiger charge is -1.87. The minimum absolute atomic E-state index is 0. The fourth-order valence-corrected chi connectivity index (χ4v) is 0.483.